The van der Waals surface area contributed by atoms with Crippen molar-refractivity contribution in [3.05, 3.63) is 59.0 Å². The Morgan fingerprint density at radius 2 is 1.86 bits per heavy atom. The third-order valence-electron chi connectivity index (χ3n) is 2.93. The fourth-order valence-corrected chi connectivity index (χ4v) is 3.89. The second kappa shape index (κ2) is 5.55. The molecule has 2 aromatic heterocycles. The van der Waals surface area contributed by atoms with E-state index >= 15 is 0 Å². The number of aromatic nitrogens is 3. The lowest BCUT2D eigenvalue weighted by molar-refractivity contribution is 0.578. The van der Waals surface area contributed by atoms with Crippen LogP contribution in [0, 0.1) is 0 Å². The Hall–Kier alpha value is -1.77. The van der Waals surface area contributed by atoms with Gasteiger partial charge in [0, 0.05) is 10.7 Å². The minimum Gasteiger partial charge on any atom is -0.285 e. The smallest absolute Gasteiger partial charge is 0.242 e. The average Bonchev–Trinajstić information content (AvgIpc) is 2.89. The second-order valence-corrected chi connectivity index (χ2v) is 6.89. The van der Waals surface area contributed by atoms with Gasteiger partial charge in [-0.05, 0) is 40.2 Å². The van der Waals surface area contributed by atoms with E-state index in [0.29, 0.717) is 15.9 Å². The van der Waals surface area contributed by atoms with E-state index in [2.05, 4.69) is 30.8 Å². The zero-order valence-corrected chi connectivity index (χ0v) is 13.2. The number of pyridine rings is 1. The summed E-state index contributed by atoms with van der Waals surface area (Å²) in [6.07, 6.45) is 1.79. The van der Waals surface area contributed by atoms with Gasteiger partial charge in [-0.3, -0.25) is 4.40 Å². The summed E-state index contributed by atoms with van der Waals surface area (Å²) in [5.74, 6) is 0.529. The first-order chi connectivity index (χ1) is 10.1. The molecule has 1 aromatic carbocycles. The highest BCUT2D eigenvalue weighted by molar-refractivity contribution is 9.10. The maximum absolute atomic E-state index is 12.3. The molecule has 108 valence electrons. The number of rotatable bonds is 4. The van der Waals surface area contributed by atoms with Crippen LogP contribution >= 0.6 is 15.9 Å². The quantitative estimate of drug-likeness (QED) is 0.765. The van der Waals surface area contributed by atoms with Gasteiger partial charge in [0.2, 0.25) is 10.0 Å². The monoisotopic (exact) mass is 366 g/mol. The molecule has 0 unspecified atom stereocenters. The molecule has 0 amide bonds. The average molecular weight is 367 g/mol. The largest absolute Gasteiger partial charge is 0.285 e. The van der Waals surface area contributed by atoms with Crippen molar-refractivity contribution in [2.24, 2.45) is 0 Å². The van der Waals surface area contributed by atoms with Gasteiger partial charge in [-0.15, -0.1) is 10.2 Å². The molecule has 0 radical (unpaired) electrons. The summed E-state index contributed by atoms with van der Waals surface area (Å²) in [5.41, 5.74) is 0.674. The minimum atomic E-state index is -3.61. The minimum absolute atomic E-state index is 0.0643. The van der Waals surface area contributed by atoms with Crippen molar-refractivity contribution in [1.82, 2.24) is 19.3 Å². The Kier molecular flexibility index (Phi) is 3.75. The van der Waals surface area contributed by atoms with Crippen LogP contribution in [0.5, 0.6) is 0 Å². The maximum atomic E-state index is 12.3. The number of hydrogen-bond donors (Lipinski definition) is 1. The standard InChI is InChI=1S/C13H11BrN4O2S/c14-10-5-1-2-6-11(10)21(19,20)15-9-13-17-16-12-7-3-4-8-18(12)13/h1-8,15H,9H2. The number of nitrogens with one attached hydrogen (secondary N) is 1. The molecule has 8 heteroatoms. The summed E-state index contributed by atoms with van der Waals surface area (Å²) in [6, 6.07) is 12.1. The highest BCUT2D eigenvalue weighted by Crippen LogP contribution is 2.21. The Morgan fingerprint density at radius 3 is 2.67 bits per heavy atom. The van der Waals surface area contributed by atoms with Crippen LogP contribution in [0.4, 0.5) is 0 Å². The fourth-order valence-electron chi connectivity index (χ4n) is 1.91. The van der Waals surface area contributed by atoms with Crippen molar-refractivity contribution in [2.75, 3.05) is 0 Å². The second-order valence-electron chi connectivity index (χ2n) is 4.30. The van der Waals surface area contributed by atoms with Gasteiger partial charge < -0.3 is 0 Å². The molecule has 0 saturated heterocycles. The van der Waals surface area contributed by atoms with E-state index in [1.165, 1.54) is 6.07 Å². The highest BCUT2D eigenvalue weighted by Gasteiger charge is 2.17. The zero-order valence-electron chi connectivity index (χ0n) is 10.8. The predicted molar refractivity (Wildman–Crippen MR) is 81.2 cm³/mol. The number of sulfonamides is 1. The molecule has 0 aliphatic carbocycles. The van der Waals surface area contributed by atoms with E-state index in [-0.39, 0.29) is 11.4 Å². The molecule has 0 saturated carbocycles. The van der Waals surface area contributed by atoms with E-state index < -0.39 is 10.0 Å². The molecule has 0 aliphatic rings. The van der Waals surface area contributed by atoms with Crippen LogP contribution in [0.15, 0.2) is 58.0 Å². The highest BCUT2D eigenvalue weighted by atomic mass is 79.9. The SMILES string of the molecule is O=S(=O)(NCc1nnc2ccccn12)c1ccccc1Br. The number of halogens is 1. The number of nitrogens with zero attached hydrogens (tertiary/aromatic N) is 3. The lowest BCUT2D eigenvalue weighted by Gasteiger charge is -2.07. The van der Waals surface area contributed by atoms with Gasteiger partial charge in [0.05, 0.1) is 11.4 Å². The number of benzene rings is 1. The van der Waals surface area contributed by atoms with Crippen molar-refractivity contribution in [1.29, 1.82) is 0 Å². The maximum Gasteiger partial charge on any atom is 0.242 e. The summed E-state index contributed by atoms with van der Waals surface area (Å²) >= 11 is 3.24. The van der Waals surface area contributed by atoms with Crippen LogP contribution in [0.25, 0.3) is 5.65 Å². The molecule has 0 atom stereocenters. The summed E-state index contributed by atoms with van der Waals surface area (Å²) in [6.45, 7) is 0.0643. The third kappa shape index (κ3) is 2.82. The van der Waals surface area contributed by atoms with Crippen molar-refractivity contribution >= 4 is 31.6 Å². The van der Waals surface area contributed by atoms with Gasteiger partial charge in [-0.2, -0.15) is 0 Å². The van der Waals surface area contributed by atoms with Gasteiger partial charge >= 0.3 is 0 Å². The summed E-state index contributed by atoms with van der Waals surface area (Å²) in [7, 11) is -3.61. The normalized spacial score (nSPS) is 11.9. The molecule has 3 rings (SSSR count). The van der Waals surface area contributed by atoms with Crippen LogP contribution in [0.2, 0.25) is 0 Å². The first kappa shape index (κ1) is 14.2. The Morgan fingerprint density at radius 1 is 1.10 bits per heavy atom. The van der Waals surface area contributed by atoms with Crippen molar-refractivity contribution in [3.8, 4) is 0 Å². The van der Waals surface area contributed by atoms with Gasteiger partial charge in [0.15, 0.2) is 11.5 Å². The van der Waals surface area contributed by atoms with Crippen molar-refractivity contribution < 1.29 is 8.42 Å². The lowest BCUT2D eigenvalue weighted by atomic mass is 10.4. The summed E-state index contributed by atoms with van der Waals surface area (Å²) < 4.78 is 29.4. The summed E-state index contributed by atoms with van der Waals surface area (Å²) in [4.78, 5) is 0.193. The zero-order chi connectivity index (χ0) is 14.9. The van der Waals surface area contributed by atoms with E-state index in [1.54, 1.807) is 34.9 Å². The molecular weight excluding hydrogens is 356 g/mol. The Labute approximate surface area is 130 Å². The Bertz CT molecular complexity index is 892. The van der Waals surface area contributed by atoms with Gasteiger partial charge in [-0.1, -0.05) is 18.2 Å². The van der Waals surface area contributed by atoms with Crippen LogP contribution in [-0.2, 0) is 16.6 Å². The van der Waals surface area contributed by atoms with E-state index in [1.807, 2.05) is 12.1 Å². The van der Waals surface area contributed by atoms with Crippen LogP contribution < -0.4 is 4.72 Å². The molecule has 0 aliphatic heterocycles. The molecule has 0 spiro atoms. The van der Waals surface area contributed by atoms with Gasteiger partial charge in [0.1, 0.15) is 0 Å². The molecule has 21 heavy (non-hydrogen) atoms. The third-order valence-corrected chi connectivity index (χ3v) is 5.34. The molecule has 2 heterocycles. The molecule has 6 nitrogen and oxygen atoms in total. The predicted octanol–water partition coefficient (Wildman–Crippen LogP) is 1.97. The first-order valence-corrected chi connectivity index (χ1v) is 8.38. The fraction of sp³-hybridized carbons (Fsp3) is 0.0769. The topological polar surface area (TPSA) is 76.4 Å². The van der Waals surface area contributed by atoms with Crippen LogP contribution in [0.1, 0.15) is 5.82 Å². The molecule has 0 fully saturated rings. The first-order valence-electron chi connectivity index (χ1n) is 6.11. The van der Waals surface area contributed by atoms with E-state index in [0.717, 1.165) is 0 Å². The molecule has 3 aromatic rings. The Balaban J connectivity index is 1.86. The lowest BCUT2D eigenvalue weighted by Crippen LogP contribution is -2.24. The molecular formula is C13H11BrN4O2S. The van der Waals surface area contributed by atoms with Crippen LogP contribution in [0.3, 0.4) is 0 Å². The number of fused-ring (bicyclic) bond motifs is 1. The molecule has 0 bridgehead atoms. The number of hydrogen-bond acceptors (Lipinski definition) is 4. The molecule has 1 N–H and O–H groups in total. The van der Waals surface area contributed by atoms with Gasteiger partial charge in [-0.25, -0.2) is 13.1 Å². The van der Waals surface area contributed by atoms with Gasteiger partial charge in [0.25, 0.3) is 0 Å². The summed E-state index contributed by atoms with van der Waals surface area (Å²) in [5, 5.41) is 7.97. The van der Waals surface area contributed by atoms with E-state index in [4.69, 9.17) is 0 Å². The van der Waals surface area contributed by atoms with E-state index in [9.17, 15) is 8.42 Å². The van der Waals surface area contributed by atoms with Crippen LogP contribution in [-0.4, -0.2) is 23.0 Å². The van der Waals surface area contributed by atoms with Crippen molar-refractivity contribution in [2.45, 2.75) is 11.4 Å². The van der Waals surface area contributed by atoms with Crippen molar-refractivity contribution in [3.63, 3.8) is 0 Å².